The normalized spacial score (nSPS) is 14.5. The molecule has 1 atom stereocenters. The third-order valence-electron chi connectivity index (χ3n) is 6.97. The number of aromatic nitrogens is 3. The van der Waals surface area contributed by atoms with Crippen molar-refractivity contribution in [3.8, 4) is 17.1 Å². The van der Waals surface area contributed by atoms with Crippen molar-refractivity contribution >= 4 is 39.4 Å². The van der Waals surface area contributed by atoms with Crippen LogP contribution in [0.2, 0.25) is 5.15 Å². The summed E-state index contributed by atoms with van der Waals surface area (Å²) in [6.45, 7) is 6.76. The van der Waals surface area contributed by atoms with Crippen molar-refractivity contribution in [1.82, 2.24) is 14.8 Å². The summed E-state index contributed by atoms with van der Waals surface area (Å²) in [5.41, 5.74) is 9.33. The number of ether oxygens (including phenoxy) is 2. The van der Waals surface area contributed by atoms with Crippen LogP contribution in [0, 0.1) is 13.8 Å². The number of hydrogen-bond acceptors (Lipinski definition) is 7. The van der Waals surface area contributed by atoms with Gasteiger partial charge in [0.2, 0.25) is 0 Å². The highest BCUT2D eigenvalue weighted by atomic mass is 35.5. The zero-order valence-electron chi connectivity index (χ0n) is 21.5. The van der Waals surface area contributed by atoms with E-state index in [0.717, 1.165) is 22.0 Å². The first-order valence-electron chi connectivity index (χ1n) is 12.5. The second kappa shape index (κ2) is 9.52. The van der Waals surface area contributed by atoms with E-state index in [0.29, 0.717) is 41.1 Å². The number of fused-ring (bicyclic) bond motifs is 2. The molecule has 0 bridgehead atoms. The van der Waals surface area contributed by atoms with Crippen LogP contribution in [0.1, 0.15) is 46.2 Å². The summed E-state index contributed by atoms with van der Waals surface area (Å²) in [6.07, 6.45) is 1.37. The minimum absolute atomic E-state index is 0.0772. The van der Waals surface area contributed by atoms with Crippen molar-refractivity contribution in [2.45, 2.75) is 32.9 Å². The molecule has 1 fully saturated rings. The van der Waals surface area contributed by atoms with Crippen LogP contribution in [0.5, 0.6) is 5.75 Å². The van der Waals surface area contributed by atoms with E-state index in [1.807, 2.05) is 42.1 Å². The number of primary amides is 1. The van der Waals surface area contributed by atoms with E-state index in [1.54, 1.807) is 26.0 Å². The van der Waals surface area contributed by atoms with Gasteiger partial charge in [0, 0.05) is 28.3 Å². The Bertz CT molecular complexity index is 1840. The van der Waals surface area contributed by atoms with Crippen LogP contribution in [0.15, 0.2) is 57.9 Å². The summed E-state index contributed by atoms with van der Waals surface area (Å²) in [5.74, 6) is -0.109. The van der Waals surface area contributed by atoms with Crippen LogP contribution in [-0.4, -0.2) is 33.9 Å². The van der Waals surface area contributed by atoms with Crippen molar-refractivity contribution in [2.75, 3.05) is 13.2 Å². The molecule has 0 radical (unpaired) electrons. The molecule has 2 aromatic carbocycles. The number of nitrogens with zero attached hydrogens (tertiary/aromatic N) is 3. The molecular formula is C29H25ClN4O5. The predicted octanol–water partition coefficient (Wildman–Crippen LogP) is 5.29. The monoisotopic (exact) mass is 544 g/mol. The van der Waals surface area contributed by atoms with Crippen molar-refractivity contribution in [3.05, 3.63) is 86.4 Å². The van der Waals surface area contributed by atoms with Gasteiger partial charge in [0.1, 0.15) is 22.6 Å². The second-order valence-electron chi connectivity index (χ2n) is 9.80. The zero-order valence-corrected chi connectivity index (χ0v) is 22.3. The van der Waals surface area contributed by atoms with Gasteiger partial charge in [-0.05, 0) is 68.8 Å². The first kappa shape index (κ1) is 25.1. The first-order valence-corrected chi connectivity index (χ1v) is 12.9. The number of nitrogens with two attached hydrogens (primary N) is 1. The van der Waals surface area contributed by atoms with Gasteiger partial charge < -0.3 is 19.6 Å². The van der Waals surface area contributed by atoms with Gasteiger partial charge in [0.15, 0.2) is 16.9 Å². The molecule has 0 aliphatic carbocycles. The Kier molecular flexibility index (Phi) is 6.12. The Morgan fingerprint density at radius 2 is 1.97 bits per heavy atom. The molecule has 4 heterocycles. The van der Waals surface area contributed by atoms with Gasteiger partial charge in [-0.2, -0.15) is 5.10 Å². The Morgan fingerprint density at radius 3 is 2.69 bits per heavy atom. The fraction of sp³-hybridized carbons (Fsp3) is 0.241. The van der Waals surface area contributed by atoms with Gasteiger partial charge in [-0.25, -0.2) is 4.98 Å². The molecule has 0 saturated carbocycles. The largest absolute Gasteiger partial charge is 0.483 e. The Balaban J connectivity index is 1.46. The lowest BCUT2D eigenvalue weighted by Crippen LogP contribution is -2.30. The first-order chi connectivity index (χ1) is 18.7. The van der Waals surface area contributed by atoms with Crippen LogP contribution in [-0.2, 0) is 4.74 Å². The van der Waals surface area contributed by atoms with Crippen LogP contribution in [0.25, 0.3) is 33.2 Å². The molecule has 39 heavy (non-hydrogen) atoms. The number of rotatable bonds is 6. The van der Waals surface area contributed by atoms with Crippen molar-refractivity contribution < 1.29 is 18.7 Å². The third-order valence-corrected chi connectivity index (χ3v) is 7.18. The van der Waals surface area contributed by atoms with E-state index in [2.05, 4.69) is 10.1 Å². The minimum atomic E-state index is -0.762. The van der Waals surface area contributed by atoms with Crippen LogP contribution >= 0.6 is 11.6 Å². The number of benzene rings is 2. The van der Waals surface area contributed by atoms with Gasteiger partial charge in [-0.1, -0.05) is 11.6 Å². The number of aryl methyl sites for hydroxylation is 1. The van der Waals surface area contributed by atoms with Crippen LogP contribution < -0.4 is 15.9 Å². The summed E-state index contributed by atoms with van der Waals surface area (Å²) >= 11 is 5.95. The number of amides is 1. The molecule has 1 aliphatic heterocycles. The lowest BCUT2D eigenvalue weighted by Gasteiger charge is -2.25. The molecule has 6 rings (SSSR count). The van der Waals surface area contributed by atoms with E-state index in [9.17, 15) is 9.59 Å². The van der Waals surface area contributed by atoms with E-state index in [1.165, 1.54) is 6.07 Å². The predicted molar refractivity (Wildman–Crippen MR) is 147 cm³/mol. The van der Waals surface area contributed by atoms with E-state index >= 15 is 0 Å². The molecule has 1 aliphatic rings. The van der Waals surface area contributed by atoms with Crippen molar-refractivity contribution in [2.24, 2.45) is 5.73 Å². The third kappa shape index (κ3) is 4.43. The van der Waals surface area contributed by atoms with Gasteiger partial charge in [0.25, 0.3) is 5.91 Å². The lowest BCUT2D eigenvalue weighted by molar-refractivity contribution is -0.0283. The molecule has 3 aromatic heterocycles. The molecule has 1 amide bonds. The lowest BCUT2D eigenvalue weighted by atomic mass is 9.99. The number of carbonyl (C=O) groups is 1. The molecule has 0 spiro atoms. The van der Waals surface area contributed by atoms with Crippen molar-refractivity contribution in [3.63, 3.8) is 0 Å². The summed E-state index contributed by atoms with van der Waals surface area (Å²) < 4.78 is 19.8. The molecule has 2 N–H and O–H groups in total. The molecular weight excluding hydrogens is 520 g/mol. The summed E-state index contributed by atoms with van der Waals surface area (Å²) in [5, 5.41) is 6.17. The average molecular weight is 545 g/mol. The minimum Gasteiger partial charge on any atom is -0.483 e. The molecule has 1 saturated heterocycles. The Labute approximate surface area is 228 Å². The van der Waals surface area contributed by atoms with Crippen LogP contribution in [0.4, 0.5) is 0 Å². The maximum atomic E-state index is 13.6. The number of halogens is 1. The molecule has 10 heteroatoms. The maximum absolute atomic E-state index is 13.6. The highest BCUT2D eigenvalue weighted by Gasteiger charge is 2.24. The molecule has 0 unspecified atom stereocenters. The molecule has 5 aromatic rings. The van der Waals surface area contributed by atoms with E-state index < -0.39 is 12.0 Å². The Hall–Kier alpha value is -4.21. The second-order valence-corrected chi connectivity index (χ2v) is 10.2. The van der Waals surface area contributed by atoms with Crippen molar-refractivity contribution in [1.29, 1.82) is 0 Å². The zero-order chi connectivity index (χ0) is 27.4. The van der Waals surface area contributed by atoms with E-state index in [-0.39, 0.29) is 28.1 Å². The smallest absolute Gasteiger partial charge is 0.271 e. The topological polar surface area (TPSA) is 122 Å². The fourth-order valence-electron chi connectivity index (χ4n) is 4.84. The SMILES string of the molecule is Cc1cc([C@@H](C)Oc2ccc(Cl)nc2C(N)=O)c2oc(-c3ccc4nn(C5COC5)cc4c3)c(C)c(=O)c2c1. The quantitative estimate of drug-likeness (QED) is 0.288. The van der Waals surface area contributed by atoms with E-state index in [4.69, 9.17) is 31.2 Å². The van der Waals surface area contributed by atoms with Gasteiger partial charge in [0.05, 0.1) is 30.2 Å². The van der Waals surface area contributed by atoms with Gasteiger partial charge in [-0.15, -0.1) is 0 Å². The maximum Gasteiger partial charge on any atom is 0.271 e. The van der Waals surface area contributed by atoms with Gasteiger partial charge in [-0.3, -0.25) is 14.3 Å². The molecule has 198 valence electrons. The summed E-state index contributed by atoms with van der Waals surface area (Å²) in [7, 11) is 0. The highest BCUT2D eigenvalue weighted by molar-refractivity contribution is 6.29. The number of hydrogen-bond donors (Lipinski definition) is 1. The highest BCUT2D eigenvalue weighted by Crippen LogP contribution is 2.34. The average Bonchev–Trinajstić information content (AvgIpc) is 3.28. The summed E-state index contributed by atoms with van der Waals surface area (Å²) in [4.78, 5) is 29.5. The summed E-state index contributed by atoms with van der Waals surface area (Å²) in [6, 6.07) is 12.8. The number of pyridine rings is 1. The standard InChI is InChI=1S/C29H25ClN4O5/c1-14-8-20(16(3)38-23-6-7-24(30)32-25(23)29(31)36)28-21(9-14)26(35)15(2)27(39-28)17-4-5-22-18(10-17)11-34(33-22)19-12-37-13-19/h4-11,16,19H,12-13H2,1-3H3,(H2,31,36)/t16-/m1/s1. The van der Waals surface area contributed by atoms with Crippen LogP contribution in [0.3, 0.4) is 0 Å². The Morgan fingerprint density at radius 1 is 1.18 bits per heavy atom. The number of carbonyl (C=O) groups excluding carboxylic acids is 1. The fourth-order valence-corrected chi connectivity index (χ4v) is 4.99. The van der Waals surface area contributed by atoms with Gasteiger partial charge >= 0.3 is 0 Å². The molecule has 9 nitrogen and oxygen atoms in total.